The van der Waals surface area contributed by atoms with Gasteiger partial charge in [-0.05, 0) is 18.6 Å². The van der Waals surface area contributed by atoms with Crippen molar-refractivity contribution >= 4 is 28.9 Å². The van der Waals surface area contributed by atoms with E-state index in [9.17, 15) is 18.4 Å². The molecule has 0 spiro atoms. The number of rotatable bonds is 5. The van der Waals surface area contributed by atoms with E-state index in [2.05, 4.69) is 26.0 Å². The molecule has 2 aliphatic heterocycles. The Hall–Kier alpha value is -3.74. The SMILES string of the molecule is O=C(NC1CCC1(F)F)c1cnn2c3c(c(Nc4cccn(C5[C@H]6COC[C@@H]56)c4=O)nc12)OCCN3. The molecule has 4 atom stereocenters. The maximum Gasteiger partial charge on any atom is 0.274 e. The van der Waals surface area contributed by atoms with Crippen LogP contribution in [0.25, 0.3) is 5.65 Å². The molecule has 7 rings (SSSR count). The first kappa shape index (κ1) is 21.5. The van der Waals surface area contributed by atoms with E-state index >= 15 is 0 Å². The first-order valence-electron chi connectivity index (χ1n) is 12.0. The maximum absolute atomic E-state index is 13.7. The van der Waals surface area contributed by atoms with Gasteiger partial charge in [-0.3, -0.25) is 9.59 Å². The number of nitrogens with zero attached hydrogens (tertiary/aromatic N) is 4. The zero-order chi connectivity index (χ0) is 24.6. The van der Waals surface area contributed by atoms with Gasteiger partial charge in [0.15, 0.2) is 17.3 Å². The van der Waals surface area contributed by atoms with Crippen molar-refractivity contribution in [3.63, 3.8) is 0 Å². The number of ether oxygens (including phenoxy) is 2. The molecule has 4 aliphatic rings. The van der Waals surface area contributed by atoms with E-state index in [0.29, 0.717) is 55.5 Å². The topological polar surface area (TPSA) is 124 Å². The van der Waals surface area contributed by atoms with E-state index in [1.54, 1.807) is 22.9 Å². The molecule has 36 heavy (non-hydrogen) atoms. The predicted octanol–water partition coefficient (Wildman–Crippen LogP) is 1.78. The van der Waals surface area contributed by atoms with Gasteiger partial charge in [-0.2, -0.15) is 9.61 Å². The lowest BCUT2D eigenvalue weighted by Gasteiger charge is -2.36. The molecule has 3 N–H and O–H groups in total. The van der Waals surface area contributed by atoms with Crippen LogP contribution in [0.4, 0.5) is 26.1 Å². The number of alkyl halides is 2. The van der Waals surface area contributed by atoms with Crippen LogP contribution in [-0.4, -0.2) is 63.4 Å². The third kappa shape index (κ3) is 3.18. The van der Waals surface area contributed by atoms with Crippen molar-refractivity contribution in [2.75, 3.05) is 37.0 Å². The van der Waals surface area contributed by atoms with Crippen molar-refractivity contribution in [2.24, 2.45) is 11.8 Å². The minimum atomic E-state index is -2.92. The number of aromatic nitrogens is 4. The van der Waals surface area contributed by atoms with Gasteiger partial charge < -0.3 is 30.0 Å². The van der Waals surface area contributed by atoms with E-state index in [1.807, 2.05) is 0 Å². The molecule has 0 bridgehead atoms. The highest BCUT2D eigenvalue weighted by atomic mass is 19.3. The molecular formula is C23H23F2N7O4. The Morgan fingerprint density at radius 1 is 1.28 bits per heavy atom. The van der Waals surface area contributed by atoms with Crippen LogP contribution in [0.5, 0.6) is 5.75 Å². The molecule has 11 nitrogen and oxygen atoms in total. The smallest absolute Gasteiger partial charge is 0.274 e. The molecule has 3 aromatic heterocycles. The lowest BCUT2D eigenvalue weighted by atomic mass is 9.88. The molecule has 2 aliphatic carbocycles. The Morgan fingerprint density at radius 3 is 2.86 bits per heavy atom. The highest BCUT2D eigenvalue weighted by molar-refractivity contribution is 6.00. The van der Waals surface area contributed by atoms with Crippen LogP contribution >= 0.6 is 0 Å². The summed E-state index contributed by atoms with van der Waals surface area (Å²) in [5, 5.41) is 12.9. The van der Waals surface area contributed by atoms with E-state index in [4.69, 9.17) is 9.47 Å². The third-order valence-corrected chi connectivity index (χ3v) is 7.53. The van der Waals surface area contributed by atoms with Crippen molar-refractivity contribution < 1.29 is 23.0 Å². The first-order valence-corrected chi connectivity index (χ1v) is 12.0. The average Bonchev–Trinajstić information content (AvgIpc) is 3.20. The summed E-state index contributed by atoms with van der Waals surface area (Å²) in [6.45, 7) is 2.17. The second kappa shape index (κ2) is 7.63. The zero-order valence-electron chi connectivity index (χ0n) is 19.0. The summed E-state index contributed by atoms with van der Waals surface area (Å²) in [5.74, 6) is -1.89. The Balaban J connectivity index is 1.25. The molecule has 1 saturated heterocycles. The number of halogens is 2. The van der Waals surface area contributed by atoms with Gasteiger partial charge >= 0.3 is 0 Å². The van der Waals surface area contributed by atoms with E-state index in [1.165, 1.54) is 10.7 Å². The number of hydrogen-bond acceptors (Lipinski definition) is 8. The summed E-state index contributed by atoms with van der Waals surface area (Å²) in [4.78, 5) is 30.7. The molecule has 2 unspecified atom stereocenters. The molecule has 1 amide bonds. The second-order valence-corrected chi connectivity index (χ2v) is 9.65. The summed E-state index contributed by atoms with van der Waals surface area (Å²) in [6, 6.07) is 2.35. The number of carbonyl (C=O) groups excluding carboxylic acids is 1. The fourth-order valence-electron chi connectivity index (χ4n) is 5.35. The molecule has 5 heterocycles. The number of amides is 1. The molecule has 13 heteroatoms. The van der Waals surface area contributed by atoms with Crippen molar-refractivity contribution in [3.05, 3.63) is 40.4 Å². The number of carbonyl (C=O) groups is 1. The summed E-state index contributed by atoms with van der Waals surface area (Å²) >= 11 is 0. The van der Waals surface area contributed by atoms with Crippen LogP contribution in [0.1, 0.15) is 29.2 Å². The second-order valence-electron chi connectivity index (χ2n) is 9.65. The molecule has 3 fully saturated rings. The van der Waals surface area contributed by atoms with Gasteiger partial charge in [0.1, 0.15) is 17.9 Å². The minimum Gasteiger partial charge on any atom is -0.485 e. The number of fused-ring (bicyclic) bond motifs is 4. The molecule has 2 saturated carbocycles. The maximum atomic E-state index is 13.7. The Morgan fingerprint density at radius 2 is 2.11 bits per heavy atom. The standard InChI is InChI=1S/C23H23F2N7O4/c24-23(25)4-3-15(23)29-21(33)11-8-27-32-19(11)30-18(17-20(32)26-5-7-36-17)28-14-2-1-6-31(22(14)34)16-12-9-35-10-13(12)16/h1-2,6,8,12-13,15-16,26H,3-5,7,9-10H2,(H,28,30)(H,29,33)/t12-,13+,15?,16?. The first-order chi connectivity index (χ1) is 17.4. The molecule has 0 aromatic carbocycles. The molecule has 0 radical (unpaired) electrons. The van der Waals surface area contributed by atoms with E-state index in [-0.39, 0.29) is 41.5 Å². The third-order valence-electron chi connectivity index (χ3n) is 7.53. The summed E-state index contributed by atoms with van der Waals surface area (Å²) in [7, 11) is 0. The fraction of sp³-hybridized carbons (Fsp3) is 0.478. The highest BCUT2D eigenvalue weighted by Gasteiger charge is 2.55. The van der Waals surface area contributed by atoms with Crippen LogP contribution in [-0.2, 0) is 4.74 Å². The van der Waals surface area contributed by atoms with Gasteiger partial charge in [-0.25, -0.2) is 13.8 Å². The molecule has 3 aromatic rings. The van der Waals surface area contributed by atoms with Crippen LogP contribution in [0.3, 0.4) is 0 Å². The monoisotopic (exact) mass is 499 g/mol. The Kier molecular flexibility index (Phi) is 4.56. The molecule has 188 valence electrons. The van der Waals surface area contributed by atoms with Gasteiger partial charge in [0.2, 0.25) is 5.75 Å². The summed E-state index contributed by atoms with van der Waals surface area (Å²) in [6.07, 6.45) is 3.02. The number of pyridine rings is 1. The number of anilines is 3. The Bertz CT molecular complexity index is 1440. The highest BCUT2D eigenvalue weighted by Crippen LogP contribution is 2.53. The summed E-state index contributed by atoms with van der Waals surface area (Å²) < 4.78 is 41.9. The van der Waals surface area contributed by atoms with E-state index in [0.717, 1.165) is 0 Å². The zero-order valence-corrected chi connectivity index (χ0v) is 19.0. The Labute approximate surface area is 202 Å². The quantitative estimate of drug-likeness (QED) is 0.486. The minimum absolute atomic E-state index is 0.0483. The largest absolute Gasteiger partial charge is 0.485 e. The van der Waals surface area contributed by atoms with Gasteiger partial charge in [0, 0.05) is 30.5 Å². The van der Waals surface area contributed by atoms with Crippen molar-refractivity contribution in [3.8, 4) is 5.75 Å². The van der Waals surface area contributed by atoms with E-state index < -0.39 is 17.9 Å². The van der Waals surface area contributed by atoms with Crippen molar-refractivity contribution in [1.29, 1.82) is 0 Å². The average molecular weight is 499 g/mol. The normalized spacial score (nSPS) is 27.3. The van der Waals surface area contributed by atoms with Gasteiger partial charge in [0.25, 0.3) is 17.4 Å². The lowest BCUT2D eigenvalue weighted by Crippen LogP contribution is -2.55. The van der Waals surface area contributed by atoms with Crippen LogP contribution in [0.15, 0.2) is 29.3 Å². The van der Waals surface area contributed by atoms with Crippen LogP contribution in [0, 0.1) is 11.8 Å². The number of hydrogen-bond donors (Lipinski definition) is 3. The fourth-order valence-corrected chi connectivity index (χ4v) is 5.35. The van der Waals surface area contributed by atoms with Crippen molar-refractivity contribution in [2.45, 2.75) is 30.8 Å². The number of nitrogens with one attached hydrogen (secondary N) is 3. The van der Waals surface area contributed by atoms with Crippen molar-refractivity contribution in [1.82, 2.24) is 24.5 Å². The van der Waals surface area contributed by atoms with Gasteiger partial charge in [-0.1, -0.05) is 0 Å². The van der Waals surface area contributed by atoms with Crippen LogP contribution < -0.4 is 26.2 Å². The van der Waals surface area contributed by atoms with Gasteiger partial charge in [0.05, 0.1) is 32.0 Å². The molecular weight excluding hydrogens is 476 g/mol. The predicted molar refractivity (Wildman–Crippen MR) is 123 cm³/mol. The van der Waals surface area contributed by atoms with Crippen LogP contribution in [0.2, 0.25) is 0 Å². The summed E-state index contributed by atoms with van der Waals surface area (Å²) in [5.41, 5.74) is 0.303. The van der Waals surface area contributed by atoms with Gasteiger partial charge in [-0.15, -0.1) is 0 Å². The lowest BCUT2D eigenvalue weighted by molar-refractivity contribution is -0.102.